The number of hydrogen-bond donors (Lipinski definition) is 1. The molecule has 1 heterocycles. The van der Waals surface area contributed by atoms with Crippen molar-refractivity contribution in [2.24, 2.45) is 0 Å². The summed E-state index contributed by atoms with van der Waals surface area (Å²) in [6.07, 6.45) is 4.16. The van der Waals surface area contributed by atoms with Crippen molar-refractivity contribution < 1.29 is 4.79 Å². The van der Waals surface area contributed by atoms with Crippen molar-refractivity contribution in [2.45, 2.75) is 26.2 Å². The lowest BCUT2D eigenvalue weighted by Gasteiger charge is -2.18. The summed E-state index contributed by atoms with van der Waals surface area (Å²) in [5.41, 5.74) is 5.27. The Morgan fingerprint density at radius 1 is 0.943 bits per heavy atom. The third-order valence-electron chi connectivity index (χ3n) is 5.58. The number of benzene rings is 3. The molecule has 0 atom stereocenters. The number of aromatic nitrogens is 2. The molecule has 0 spiro atoms. The van der Waals surface area contributed by atoms with Crippen LogP contribution in [0, 0.1) is 0 Å². The highest BCUT2D eigenvalue weighted by atomic mass is 32.2. The number of carbonyl (C=O) groups is 1. The molecular weight excluding hydrogens is 450 g/mol. The van der Waals surface area contributed by atoms with E-state index in [1.165, 1.54) is 5.56 Å². The molecule has 0 aliphatic heterocycles. The van der Waals surface area contributed by atoms with Gasteiger partial charge in [-0.25, -0.2) is 4.68 Å². The fourth-order valence-electron chi connectivity index (χ4n) is 3.67. The second-order valence-electron chi connectivity index (χ2n) is 9.37. The molecule has 5 heteroatoms. The highest BCUT2D eigenvalue weighted by molar-refractivity contribution is 8.00. The number of amides is 1. The van der Waals surface area contributed by atoms with Crippen LogP contribution in [0.5, 0.6) is 0 Å². The van der Waals surface area contributed by atoms with Crippen molar-refractivity contribution in [3.05, 3.63) is 108 Å². The molecule has 4 rings (SSSR count). The maximum atomic E-state index is 12.7. The summed E-state index contributed by atoms with van der Waals surface area (Å²) >= 11 is 1.58. The minimum absolute atomic E-state index is 0.0465. The van der Waals surface area contributed by atoms with Gasteiger partial charge in [-0.05, 0) is 28.7 Å². The van der Waals surface area contributed by atoms with Crippen LogP contribution in [0.1, 0.15) is 31.9 Å². The largest absolute Gasteiger partial charge is 0.310 e. The van der Waals surface area contributed by atoms with Crippen LogP contribution < -0.4 is 5.32 Å². The SMILES string of the molecule is CC(C)(C)c1ccc(-c2cc(NC(=O)CSCC=Cc3ccccc3)n(-c3ccccc3)n2)cc1. The van der Waals surface area contributed by atoms with Gasteiger partial charge in [0.25, 0.3) is 0 Å². The molecule has 0 aliphatic carbocycles. The van der Waals surface area contributed by atoms with Crippen LogP contribution >= 0.6 is 11.8 Å². The van der Waals surface area contributed by atoms with E-state index in [9.17, 15) is 4.79 Å². The van der Waals surface area contributed by atoms with Gasteiger partial charge >= 0.3 is 0 Å². The highest BCUT2D eigenvalue weighted by Crippen LogP contribution is 2.28. The minimum Gasteiger partial charge on any atom is -0.310 e. The second kappa shape index (κ2) is 11.2. The number of para-hydroxylation sites is 1. The zero-order valence-electron chi connectivity index (χ0n) is 20.4. The van der Waals surface area contributed by atoms with Gasteiger partial charge in [0.1, 0.15) is 5.82 Å². The predicted molar refractivity (Wildman–Crippen MR) is 149 cm³/mol. The summed E-state index contributed by atoms with van der Waals surface area (Å²) in [6, 6.07) is 30.5. The van der Waals surface area contributed by atoms with E-state index in [2.05, 4.69) is 74.6 Å². The van der Waals surface area contributed by atoms with Crippen molar-refractivity contribution in [3.63, 3.8) is 0 Å². The number of thioether (sulfide) groups is 1. The molecule has 4 nitrogen and oxygen atoms in total. The Morgan fingerprint density at radius 2 is 1.60 bits per heavy atom. The monoisotopic (exact) mass is 481 g/mol. The van der Waals surface area contributed by atoms with E-state index in [0.717, 1.165) is 28.3 Å². The van der Waals surface area contributed by atoms with E-state index in [1.54, 1.807) is 16.4 Å². The average Bonchev–Trinajstić information content (AvgIpc) is 3.28. The first-order valence-corrected chi connectivity index (χ1v) is 12.9. The molecule has 0 saturated carbocycles. The molecule has 4 aromatic rings. The number of anilines is 1. The molecule has 0 bridgehead atoms. The van der Waals surface area contributed by atoms with Crippen LogP contribution in [0.2, 0.25) is 0 Å². The van der Waals surface area contributed by atoms with Gasteiger partial charge in [-0.1, -0.05) is 106 Å². The Bertz CT molecular complexity index is 1270. The standard InChI is InChI=1S/C30H31N3OS/c1-30(2,3)25-18-16-24(17-19-25)27-21-28(33(32-27)26-14-8-5-9-15-26)31-29(34)22-35-20-10-13-23-11-6-4-7-12-23/h4-19,21H,20,22H2,1-3H3,(H,31,34). The molecule has 1 aromatic heterocycles. The fraction of sp³-hybridized carbons (Fsp3) is 0.200. The first-order valence-electron chi connectivity index (χ1n) is 11.8. The van der Waals surface area contributed by atoms with Crippen molar-refractivity contribution in [2.75, 3.05) is 16.8 Å². The fourth-order valence-corrected chi connectivity index (χ4v) is 4.27. The zero-order valence-corrected chi connectivity index (χ0v) is 21.3. The molecule has 1 N–H and O–H groups in total. The number of carbonyl (C=O) groups excluding carboxylic acids is 1. The summed E-state index contributed by atoms with van der Waals surface area (Å²) in [7, 11) is 0. The van der Waals surface area contributed by atoms with Gasteiger partial charge < -0.3 is 5.32 Å². The number of nitrogens with zero attached hydrogens (tertiary/aromatic N) is 2. The van der Waals surface area contributed by atoms with Crippen LogP contribution in [0.15, 0.2) is 97.1 Å². The van der Waals surface area contributed by atoms with Crippen LogP contribution in [0.3, 0.4) is 0 Å². The van der Waals surface area contributed by atoms with Gasteiger partial charge in [-0.2, -0.15) is 5.10 Å². The summed E-state index contributed by atoms with van der Waals surface area (Å²) in [5, 5.41) is 7.88. The molecule has 35 heavy (non-hydrogen) atoms. The molecule has 0 aliphatic rings. The summed E-state index contributed by atoms with van der Waals surface area (Å²) in [6.45, 7) is 6.61. The molecule has 0 fully saturated rings. The van der Waals surface area contributed by atoms with Crippen molar-refractivity contribution >= 4 is 29.6 Å². The van der Waals surface area contributed by atoms with Crippen molar-refractivity contribution in [1.29, 1.82) is 0 Å². The first-order chi connectivity index (χ1) is 16.9. The van der Waals surface area contributed by atoms with E-state index in [0.29, 0.717) is 11.6 Å². The second-order valence-corrected chi connectivity index (χ2v) is 10.4. The predicted octanol–water partition coefficient (Wildman–Crippen LogP) is 7.22. The Balaban J connectivity index is 1.46. The van der Waals surface area contributed by atoms with Gasteiger partial charge in [0, 0.05) is 17.4 Å². The average molecular weight is 482 g/mol. The maximum Gasteiger partial charge on any atom is 0.235 e. The molecular formula is C30H31N3OS. The molecule has 0 saturated heterocycles. The number of rotatable bonds is 8. The Morgan fingerprint density at radius 3 is 2.26 bits per heavy atom. The topological polar surface area (TPSA) is 46.9 Å². The Kier molecular flexibility index (Phi) is 7.88. The van der Waals surface area contributed by atoms with Crippen LogP contribution in [0.25, 0.3) is 23.0 Å². The van der Waals surface area contributed by atoms with Crippen LogP contribution in [-0.2, 0) is 10.2 Å². The van der Waals surface area contributed by atoms with E-state index in [4.69, 9.17) is 5.10 Å². The van der Waals surface area contributed by atoms with E-state index < -0.39 is 0 Å². The molecule has 0 radical (unpaired) electrons. The van der Waals surface area contributed by atoms with Crippen molar-refractivity contribution in [1.82, 2.24) is 9.78 Å². The summed E-state index contributed by atoms with van der Waals surface area (Å²) < 4.78 is 1.80. The third kappa shape index (κ3) is 6.74. The lowest BCUT2D eigenvalue weighted by Crippen LogP contribution is -2.17. The number of nitrogens with one attached hydrogen (secondary N) is 1. The van der Waals surface area contributed by atoms with Gasteiger partial charge in [-0.15, -0.1) is 11.8 Å². The summed E-state index contributed by atoms with van der Waals surface area (Å²) in [5.74, 6) is 1.76. The highest BCUT2D eigenvalue weighted by Gasteiger charge is 2.16. The zero-order chi connectivity index (χ0) is 24.7. The molecule has 178 valence electrons. The van der Waals surface area contributed by atoms with E-state index >= 15 is 0 Å². The third-order valence-corrected chi connectivity index (χ3v) is 6.48. The van der Waals surface area contributed by atoms with E-state index in [-0.39, 0.29) is 11.3 Å². The van der Waals surface area contributed by atoms with Crippen LogP contribution in [-0.4, -0.2) is 27.2 Å². The normalized spacial score (nSPS) is 11.6. The molecule has 1 amide bonds. The minimum atomic E-state index is -0.0465. The lowest BCUT2D eigenvalue weighted by atomic mass is 9.86. The Hall–Kier alpha value is -3.57. The van der Waals surface area contributed by atoms with Crippen molar-refractivity contribution in [3.8, 4) is 16.9 Å². The van der Waals surface area contributed by atoms with Gasteiger partial charge in [-0.3, -0.25) is 4.79 Å². The van der Waals surface area contributed by atoms with E-state index in [1.807, 2.05) is 54.6 Å². The van der Waals surface area contributed by atoms with Gasteiger partial charge in [0.05, 0.1) is 17.1 Å². The maximum absolute atomic E-state index is 12.7. The molecule has 3 aromatic carbocycles. The molecule has 0 unspecified atom stereocenters. The van der Waals surface area contributed by atoms with Gasteiger partial charge in [0.15, 0.2) is 0 Å². The quantitative estimate of drug-likeness (QED) is 0.270. The summed E-state index contributed by atoms with van der Waals surface area (Å²) in [4.78, 5) is 12.7. The van der Waals surface area contributed by atoms with Crippen LogP contribution in [0.4, 0.5) is 5.82 Å². The number of hydrogen-bond acceptors (Lipinski definition) is 3. The lowest BCUT2D eigenvalue weighted by molar-refractivity contribution is -0.113. The smallest absolute Gasteiger partial charge is 0.235 e. The Labute approximate surface area is 212 Å². The first kappa shape index (κ1) is 24.6. The van der Waals surface area contributed by atoms with Gasteiger partial charge in [0.2, 0.25) is 5.91 Å².